The molecule has 0 radical (unpaired) electrons. The van der Waals surface area contributed by atoms with Crippen LogP contribution < -0.4 is 5.43 Å². The maximum atomic E-state index is 12.8. The van der Waals surface area contributed by atoms with Gasteiger partial charge in [0.2, 0.25) is 5.95 Å². The molecule has 0 aliphatic rings. The lowest BCUT2D eigenvalue weighted by Crippen LogP contribution is -2.14. The van der Waals surface area contributed by atoms with Crippen molar-refractivity contribution >= 4 is 15.9 Å². The average molecular weight is 256 g/mol. The van der Waals surface area contributed by atoms with Gasteiger partial charge in [-0.05, 0) is 0 Å². The molecule has 0 aromatic carbocycles. The van der Waals surface area contributed by atoms with Crippen molar-refractivity contribution in [2.24, 2.45) is 0 Å². The minimum Gasteiger partial charge on any atom is -0.334 e. The second kappa shape index (κ2) is 3.95. The summed E-state index contributed by atoms with van der Waals surface area (Å²) in [5, 5.41) is 0.211. The standard InChI is InChI=1S/C7H5BrF3NO/c8-2-3-1-4(13)5(6(9)10)7(11)12-3/h1,6H,2H2,(H,12,13). The number of hydrogen-bond donors (Lipinski definition) is 1. The smallest absolute Gasteiger partial charge is 0.271 e. The number of nitrogens with one attached hydrogen (secondary N) is 1. The molecule has 72 valence electrons. The third-order valence-electron chi connectivity index (χ3n) is 1.44. The number of pyridine rings is 1. The predicted octanol–water partition coefficient (Wildman–Crippen LogP) is 2.35. The highest BCUT2D eigenvalue weighted by atomic mass is 79.9. The molecule has 1 heterocycles. The molecule has 13 heavy (non-hydrogen) atoms. The summed E-state index contributed by atoms with van der Waals surface area (Å²) in [5.41, 5.74) is -1.86. The summed E-state index contributed by atoms with van der Waals surface area (Å²) < 4.78 is 36.9. The van der Waals surface area contributed by atoms with Gasteiger partial charge in [-0.3, -0.25) is 4.79 Å². The normalized spacial score (nSPS) is 10.8. The van der Waals surface area contributed by atoms with Gasteiger partial charge in [0.25, 0.3) is 6.43 Å². The van der Waals surface area contributed by atoms with E-state index in [-0.39, 0.29) is 11.0 Å². The van der Waals surface area contributed by atoms with Crippen molar-refractivity contribution in [1.29, 1.82) is 0 Å². The van der Waals surface area contributed by atoms with Crippen molar-refractivity contribution in [2.45, 2.75) is 11.8 Å². The Morgan fingerprint density at radius 2 is 2.15 bits per heavy atom. The van der Waals surface area contributed by atoms with Crippen molar-refractivity contribution in [1.82, 2.24) is 4.98 Å². The number of halogens is 4. The van der Waals surface area contributed by atoms with E-state index in [2.05, 4.69) is 20.9 Å². The molecule has 0 unspecified atom stereocenters. The van der Waals surface area contributed by atoms with Crippen molar-refractivity contribution in [2.75, 3.05) is 0 Å². The summed E-state index contributed by atoms with van der Waals surface area (Å²) in [7, 11) is 0. The molecular weight excluding hydrogens is 251 g/mol. The predicted molar refractivity (Wildman–Crippen MR) is 44.6 cm³/mol. The number of aromatic amines is 1. The first kappa shape index (κ1) is 10.3. The van der Waals surface area contributed by atoms with Crippen molar-refractivity contribution in [3.63, 3.8) is 0 Å². The monoisotopic (exact) mass is 255 g/mol. The topological polar surface area (TPSA) is 32.9 Å². The Bertz CT molecular complexity index is 363. The van der Waals surface area contributed by atoms with Crippen LogP contribution >= 0.6 is 15.9 Å². The molecule has 6 heteroatoms. The molecule has 1 rings (SSSR count). The first-order valence-corrected chi connectivity index (χ1v) is 4.44. The molecule has 0 amide bonds. The molecule has 1 N–H and O–H groups in total. The van der Waals surface area contributed by atoms with Gasteiger partial charge in [0, 0.05) is 17.1 Å². The van der Waals surface area contributed by atoms with Gasteiger partial charge in [-0.1, -0.05) is 15.9 Å². The highest BCUT2D eigenvalue weighted by Crippen LogP contribution is 2.17. The summed E-state index contributed by atoms with van der Waals surface area (Å²) in [6.45, 7) is 0. The number of rotatable bonds is 2. The van der Waals surface area contributed by atoms with E-state index in [4.69, 9.17) is 0 Å². The van der Waals surface area contributed by atoms with E-state index in [9.17, 15) is 18.0 Å². The van der Waals surface area contributed by atoms with Crippen LogP contribution in [0, 0.1) is 5.95 Å². The van der Waals surface area contributed by atoms with E-state index in [1.54, 1.807) is 0 Å². The minimum absolute atomic E-state index is 0.211. The second-order valence-corrected chi connectivity index (χ2v) is 2.88. The molecule has 0 saturated carbocycles. The Kier molecular flexibility index (Phi) is 3.13. The van der Waals surface area contributed by atoms with Gasteiger partial charge in [0.1, 0.15) is 5.56 Å². The van der Waals surface area contributed by atoms with Gasteiger partial charge in [-0.15, -0.1) is 0 Å². The van der Waals surface area contributed by atoms with Crippen molar-refractivity contribution < 1.29 is 13.2 Å². The molecule has 0 aliphatic heterocycles. The zero-order valence-electron chi connectivity index (χ0n) is 6.28. The Labute approximate surface area is 79.9 Å². The van der Waals surface area contributed by atoms with Crippen molar-refractivity contribution in [3.8, 4) is 0 Å². The third kappa shape index (κ3) is 2.12. The van der Waals surface area contributed by atoms with Crippen LogP contribution in [0.15, 0.2) is 10.9 Å². The van der Waals surface area contributed by atoms with E-state index in [0.29, 0.717) is 0 Å². The molecule has 2 nitrogen and oxygen atoms in total. The summed E-state index contributed by atoms with van der Waals surface area (Å²) in [6.07, 6.45) is -3.09. The largest absolute Gasteiger partial charge is 0.334 e. The lowest BCUT2D eigenvalue weighted by atomic mass is 10.2. The van der Waals surface area contributed by atoms with Crippen LogP contribution in [0.4, 0.5) is 13.2 Å². The Morgan fingerprint density at radius 3 is 2.54 bits per heavy atom. The molecule has 0 fully saturated rings. The number of aromatic nitrogens is 1. The lowest BCUT2D eigenvalue weighted by Gasteiger charge is -2.02. The number of alkyl halides is 3. The molecule has 1 aromatic rings. The van der Waals surface area contributed by atoms with Gasteiger partial charge in [0.05, 0.1) is 0 Å². The first-order valence-electron chi connectivity index (χ1n) is 3.32. The van der Waals surface area contributed by atoms with Crippen LogP contribution in [0.1, 0.15) is 17.7 Å². The van der Waals surface area contributed by atoms with Crippen LogP contribution in [0.2, 0.25) is 0 Å². The Hall–Kier alpha value is -0.780. The fourth-order valence-corrected chi connectivity index (χ4v) is 1.17. The zero-order valence-corrected chi connectivity index (χ0v) is 7.87. The molecular formula is C7H5BrF3NO. The van der Waals surface area contributed by atoms with Crippen molar-refractivity contribution in [3.05, 3.63) is 33.5 Å². The highest BCUT2D eigenvalue weighted by Gasteiger charge is 2.18. The first-order chi connectivity index (χ1) is 6.06. The van der Waals surface area contributed by atoms with Gasteiger partial charge in [0.15, 0.2) is 5.43 Å². The van der Waals surface area contributed by atoms with Crippen LogP contribution in [0.3, 0.4) is 0 Å². The lowest BCUT2D eigenvalue weighted by molar-refractivity contribution is 0.143. The highest BCUT2D eigenvalue weighted by molar-refractivity contribution is 9.08. The van der Waals surface area contributed by atoms with Gasteiger partial charge >= 0.3 is 0 Å². The summed E-state index contributed by atoms with van der Waals surface area (Å²) >= 11 is 2.96. The fourth-order valence-electron chi connectivity index (χ4n) is 0.864. The molecule has 0 spiro atoms. The van der Waals surface area contributed by atoms with Gasteiger partial charge in [-0.25, -0.2) is 8.78 Å². The number of hydrogen-bond acceptors (Lipinski definition) is 1. The molecule has 1 aromatic heterocycles. The maximum Gasteiger partial charge on any atom is 0.271 e. The van der Waals surface area contributed by atoms with E-state index in [1.807, 2.05) is 0 Å². The Morgan fingerprint density at radius 1 is 1.54 bits per heavy atom. The fraction of sp³-hybridized carbons (Fsp3) is 0.286. The minimum atomic E-state index is -3.09. The Balaban J connectivity index is 3.32. The quantitative estimate of drug-likeness (QED) is 0.639. The van der Waals surface area contributed by atoms with E-state index >= 15 is 0 Å². The molecule has 0 atom stereocenters. The number of H-pyrrole nitrogens is 1. The van der Waals surface area contributed by atoms with E-state index < -0.39 is 23.4 Å². The van der Waals surface area contributed by atoms with E-state index in [1.165, 1.54) is 0 Å². The van der Waals surface area contributed by atoms with Gasteiger partial charge in [-0.2, -0.15) is 4.39 Å². The van der Waals surface area contributed by atoms with Crippen LogP contribution in [0.25, 0.3) is 0 Å². The molecule has 0 aliphatic carbocycles. The second-order valence-electron chi connectivity index (χ2n) is 2.32. The maximum absolute atomic E-state index is 12.8. The SMILES string of the molecule is O=c1cc(CBr)[nH]c(F)c1C(F)F. The van der Waals surface area contributed by atoms with Crippen LogP contribution in [-0.2, 0) is 5.33 Å². The molecule has 0 saturated heterocycles. The van der Waals surface area contributed by atoms with Crippen LogP contribution in [-0.4, -0.2) is 4.98 Å². The average Bonchev–Trinajstić information content (AvgIpc) is 2.02. The summed E-state index contributed by atoms with van der Waals surface area (Å²) in [4.78, 5) is 13.0. The van der Waals surface area contributed by atoms with Gasteiger partial charge < -0.3 is 4.98 Å². The third-order valence-corrected chi connectivity index (χ3v) is 2.04. The van der Waals surface area contributed by atoms with Crippen LogP contribution in [0.5, 0.6) is 0 Å². The zero-order chi connectivity index (χ0) is 10.0. The summed E-state index contributed by atoms with van der Waals surface area (Å²) in [5.74, 6) is -1.27. The van der Waals surface area contributed by atoms with E-state index in [0.717, 1.165) is 6.07 Å². The molecule has 0 bridgehead atoms. The summed E-state index contributed by atoms with van der Waals surface area (Å²) in [6, 6.07) is 0.944.